The molecule has 0 fully saturated rings. The third-order valence-electron chi connectivity index (χ3n) is 2.70. The van der Waals surface area contributed by atoms with Gasteiger partial charge in [-0.3, -0.25) is 10.2 Å². The summed E-state index contributed by atoms with van der Waals surface area (Å²) in [7, 11) is 1.54. The number of carbonyl (C=O) groups excluding carboxylic acids is 1. The highest BCUT2D eigenvalue weighted by Gasteiger charge is 2.14. The second kappa shape index (κ2) is 9.64. The molecule has 0 spiro atoms. The van der Waals surface area contributed by atoms with Gasteiger partial charge < -0.3 is 20.2 Å². The van der Waals surface area contributed by atoms with Crippen molar-refractivity contribution in [1.29, 1.82) is 5.41 Å². The Balaban J connectivity index is 2.75. The van der Waals surface area contributed by atoms with Gasteiger partial charge in [0, 0.05) is 19.4 Å². The van der Waals surface area contributed by atoms with Gasteiger partial charge in [0.25, 0.3) is 5.91 Å². The van der Waals surface area contributed by atoms with E-state index in [0.29, 0.717) is 17.9 Å². The van der Waals surface area contributed by atoms with Gasteiger partial charge in [-0.25, -0.2) is 0 Å². The van der Waals surface area contributed by atoms with E-state index in [1.807, 2.05) is 19.9 Å². The van der Waals surface area contributed by atoms with Crippen LogP contribution in [0.15, 0.2) is 23.3 Å². The standard InChI is InChI=1S/C15H22N4O3/c1-11-4-5-14(19-17-7-6-16)13(8-11)15(20)18-12(2)9-22-10-21-3/h4-8,12,16,19H,9-10H2,1-3H3,(H,18,20)/b16-6?,17-7-/t12-/m0/s1. The molecule has 0 aliphatic heterocycles. The molecule has 7 heteroatoms. The Morgan fingerprint density at radius 1 is 1.50 bits per heavy atom. The summed E-state index contributed by atoms with van der Waals surface area (Å²) in [5.41, 5.74) is 4.78. The third-order valence-corrected chi connectivity index (χ3v) is 2.70. The van der Waals surface area contributed by atoms with Gasteiger partial charge in [0.1, 0.15) is 6.79 Å². The smallest absolute Gasteiger partial charge is 0.253 e. The van der Waals surface area contributed by atoms with E-state index in [0.717, 1.165) is 11.8 Å². The van der Waals surface area contributed by atoms with Crippen LogP contribution in [0.1, 0.15) is 22.8 Å². The molecule has 0 saturated carbocycles. The van der Waals surface area contributed by atoms with Gasteiger partial charge in [0.15, 0.2) is 0 Å². The van der Waals surface area contributed by atoms with Crippen molar-refractivity contribution in [1.82, 2.24) is 5.32 Å². The molecule has 0 unspecified atom stereocenters. The van der Waals surface area contributed by atoms with Crippen LogP contribution in [0, 0.1) is 12.3 Å². The zero-order chi connectivity index (χ0) is 16.4. The zero-order valence-corrected chi connectivity index (χ0v) is 13.1. The minimum atomic E-state index is -0.218. The minimum Gasteiger partial charge on any atom is -0.359 e. The first-order valence-electron chi connectivity index (χ1n) is 6.84. The molecule has 0 saturated heterocycles. The van der Waals surface area contributed by atoms with Crippen LogP contribution in [0.25, 0.3) is 0 Å². The van der Waals surface area contributed by atoms with Crippen molar-refractivity contribution in [2.45, 2.75) is 19.9 Å². The van der Waals surface area contributed by atoms with Crippen molar-refractivity contribution >= 4 is 24.0 Å². The molecular formula is C15H22N4O3. The number of ether oxygens (including phenoxy) is 2. The summed E-state index contributed by atoms with van der Waals surface area (Å²) < 4.78 is 10.0. The summed E-state index contributed by atoms with van der Waals surface area (Å²) in [6.45, 7) is 4.31. The Morgan fingerprint density at radius 3 is 2.95 bits per heavy atom. The molecule has 22 heavy (non-hydrogen) atoms. The number of carbonyl (C=O) groups is 1. The second-order valence-corrected chi connectivity index (χ2v) is 4.76. The highest BCUT2D eigenvalue weighted by molar-refractivity contribution is 6.14. The molecule has 1 rings (SSSR count). The van der Waals surface area contributed by atoms with E-state index >= 15 is 0 Å². The number of methoxy groups -OCH3 is 1. The lowest BCUT2D eigenvalue weighted by Crippen LogP contribution is -2.36. The third kappa shape index (κ3) is 6.02. The van der Waals surface area contributed by atoms with E-state index in [4.69, 9.17) is 14.9 Å². The summed E-state index contributed by atoms with van der Waals surface area (Å²) in [6, 6.07) is 5.28. The summed E-state index contributed by atoms with van der Waals surface area (Å²) in [5.74, 6) is -0.218. The maximum absolute atomic E-state index is 12.4. The van der Waals surface area contributed by atoms with Crippen molar-refractivity contribution in [2.24, 2.45) is 5.10 Å². The fourth-order valence-corrected chi connectivity index (χ4v) is 1.74. The topological polar surface area (TPSA) is 95.8 Å². The second-order valence-electron chi connectivity index (χ2n) is 4.76. The van der Waals surface area contributed by atoms with Crippen LogP contribution in [-0.4, -0.2) is 44.9 Å². The predicted molar refractivity (Wildman–Crippen MR) is 86.8 cm³/mol. The maximum Gasteiger partial charge on any atom is 0.253 e. The van der Waals surface area contributed by atoms with Crippen LogP contribution in [0.3, 0.4) is 0 Å². The number of hydrazone groups is 1. The molecule has 1 amide bonds. The molecule has 0 aromatic heterocycles. The molecule has 7 nitrogen and oxygen atoms in total. The van der Waals surface area contributed by atoms with Gasteiger partial charge in [0.2, 0.25) is 0 Å². The number of rotatable bonds is 9. The Labute approximate surface area is 130 Å². The van der Waals surface area contributed by atoms with Gasteiger partial charge in [-0.2, -0.15) is 5.10 Å². The van der Waals surface area contributed by atoms with Gasteiger partial charge in [-0.05, 0) is 26.0 Å². The molecule has 1 aromatic carbocycles. The predicted octanol–water partition coefficient (Wildman–Crippen LogP) is 1.78. The number of hydrogen-bond donors (Lipinski definition) is 3. The molecule has 1 atom stereocenters. The lowest BCUT2D eigenvalue weighted by molar-refractivity contribution is -0.0359. The highest BCUT2D eigenvalue weighted by atomic mass is 16.7. The van der Waals surface area contributed by atoms with Gasteiger partial charge in [-0.15, -0.1) is 0 Å². The van der Waals surface area contributed by atoms with E-state index in [1.54, 1.807) is 19.2 Å². The summed E-state index contributed by atoms with van der Waals surface area (Å²) in [5, 5.41) is 13.6. The SMILES string of the molecule is COCOC[C@H](C)NC(=O)c1cc(C)ccc1N/N=C\C=N. The summed E-state index contributed by atoms with van der Waals surface area (Å²) >= 11 is 0. The number of hydrogen-bond acceptors (Lipinski definition) is 6. The first-order chi connectivity index (χ1) is 10.6. The molecule has 0 bridgehead atoms. The van der Waals surface area contributed by atoms with Crippen molar-refractivity contribution in [2.75, 3.05) is 25.9 Å². The molecule has 3 N–H and O–H groups in total. The molecule has 0 radical (unpaired) electrons. The average molecular weight is 306 g/mol. The van der Waals surface area contributed by atoms with Crippen molar-refractivity contribution in [3.63, 3.8) is 0 Å². The molecule has 120 valence electrons. The first-order valence-corrected chi connectivity index (χ1v) is 6.84. The monoisotopic (exact) mass is 306 g/mol. The van der Waals surface area contributed by atoms with E-state index in [-0.39, 0.29) is 18.7 Å². The Morgan fingerprint density at radius 2 is 2.27 bits per heavy atom. The van der Waals surface area contributed by atoms with Crippen LogP contribution in [0.5, 0.6) is 0 Å². The highest BCUT2D eigenvalue weighted by Crippen LogP contribution is 2.17. The van der Waals surface area contributed by atoms with Crippen LogP contribution < -0.4 is 10.7 Å². The number of amides is 1. The Bertz CT molecular complexity index is 532. The summed E-state index contributed by atoms with van der Waals surface area (Å²) in [6.07, 6.45) is 2.35. The Kier molecular flexibility index (Phi) is 7.80. The number of aryl methyl sites for hydroxylation is 1. The number of anilines is 1. The average Bonchev–Trinajstić information content (AvgIpc) is 2.49. The molecule has 0 aliphatic rings. The fraction of sp³-hybridized carbons (Fsp3) is 0.400. The normalized spacial score (nSPS) is 12.1. The molecule has 0 aliphatic carbocycles. The fourth-order valence-electron chi connectivity index (χ4n) is 1.74. The van der Waals surface area contributed by atoms with Gasteiger partial charge >= 0.3 is 0 Å². The summed E-state index contributed by atoms with van der Waals surface area (Å²) in [4.78, 5) is 12.4. The van der Waals surface area contributed by atoms with Crippen molar-refractivity contribution in [3.05, 3.63) is 29.3 Å². The largest absolute Gasteiger partial charge is 0.359 e. The van der Waals surface area contributed by atoms with Crippen LogP contribution in [0.2, 0.25) is 0 Å². The van der Waals surface area contributed by atoms with Crippen LogP contribution >= 0.6 is 0 Å². The zero-order valence-electron chi connectivity index (χ0n) is 13.1. The lowest BCUT2D eigenvalue weighted by atomic mass is 10.1. The minimum absolute atomic E-state index is 0.152. The Hall–Kier alpha value is -2.25. The van der Waals surface area contributed by atoms with Crippen molar-refractivity contribution in [3.8, 4) is 0 Å². The molecule has 1 aromatic rings. The quantitative estimate of drug-likeness (QED) is 0.280. The number of nitrogens with one attached hydrogen (secondary N) is 3. The first kappa shape index (κ1) is 17.8. The van der Waals surface area contributed by atoms with Crippen LogP contribution in [0.4, 0.5) is 5.69 Å². The molecular weight excluding hydrogens is 284 g/mol. The van der Waals surface area contributed by atoms with E-state index in [2.05, 4.69) is 15.8 Å². The van der Waals surface area contributed by atoms with Crippen molar-refractivity contribution < 1.29 is 14.3 Å². The van der Waals surface area contributed by atoms with Gasteiger partial charge in [0.05, 0.1) is 24.1 Å². The van der Waals surface area contributed by atoms with E-state index in [9.17, 15) is 4.79 Å². The lowest BCUT2D eigenvalue weighted by Gasteiger charge is -2.16. The molecule has 0 heterocycles. The van der Waals surface area contributed by atoms with E-state index in [1.165, 1.54) is 6.21 Å². The van der Waals surface area contributed by atoms with Crippen LogP contribution in [-0.2, 0) is 9.47 Å². The van der Waals surface area contributed by atoms with E-state index < -0.39 is 0 Å². The van der Waals surface area contributed by atoms with Gasteiger partial charge in [-0.1, -0.05) is 11.6 Å². The number of nitrogens with zero attached hydrogens (tertiary/aromatic N) is 1. The number of benzene rings is 1. The maximum atomic E-state index is 12.4.